The molecule has 1 nitrogen and oxygen atoms in total. The minimum Gasteiger partial charge on any atom is -0.507 e. The van der Waals surface area contributed by atoms with Crippen LogP contribution in [0, 0.1) is 41.5 Å². The van der Waals surface area contributed by atoms with Gasteiger partial charge in [-0.25, -0.2) is 0 Å². The number of aromatic hydroxyl groups is 1. The number of hydrogen-bond acceptors (Lipinski definition) is 1. The van der Waals surface area contributed by atoms with E-state index in [1.165, 1.54) is 22.3 Å². The molecule has 0 fully saturated rings. The summed E-state index contributed by atoms with van der Waals surface area (Å²) < 4.78 is 0. The molecule has 0 aliphatic rings. The number of para-hydroxylation sites is 1. The predicted molar refractivity (Wildman–Crippen MR) is 119 cm³/mol. The maximum atomic E-state index is 9.21. The molecular formula is C24H28Cl2O. The number of rotatable bonds is 0. The third-order valence-corrected chi connectivity index (χ3v) is 5.34. The summed E-state index contributed by atoms with van der Waals surface area (Å²) in [5, 5.41) is 10.9. The second-order valence-corrected chi connectivity index (χ2v) is 7.42. The Bertz CT molecular complexity index is 707. The van der Waals surface area contributed by atoms with Crippen LogP contribution in [0.4, 0.5) is 0 Å². The molecule has 0 atom stereocenters. The second-order valence-electron chi connectivity index (χ2n) is 6.60. The van der Waals surface area contributed by atoms with Crippen molar-refractivity contribution in [3.05, 3.63) is 98.0 Å². The summed E-state index contributed by atoms with van der Waals surface area (Å²) in [5.74, 6) is 0.414. The molecule has 0 aliphatic carbocycles. The fourth-order valence-electron chi connectivity index (χ4n) is 2.24. The van der Waals surface area contributed by atoms with E-state index in [2.05, 4.69) is 26.0 Å². The van der Waals surface area contributed by atoms with Crippen LogP contribution in [0.3, 0.4) is 0 Å². The first-order valence-corrected chi connectivity index (χ1v) is 9.59. The van der Waals surface area contributed by atoms with Crippen molar-refractivity contribution in [2.24, 2.45) is 0 Å². The second kappa shape index (κ2) is 11.0. The minimum absolute atomic E-state index is 0.414. The lowest BCUT2D eigenvalue weighted by Crippen LogP contribution is -1.78. The molecule has 3 rings (SSSR count). The molecule has 3 heteroatoms. The highest BCUT2D eigenvalue weighted by atomic mass is 35.5. The molecule has 0 aromatic heterocycles. The molecule has 0 amide bonds. The van der Waals surface area contributed by atoms with Crippen LogP contribution in [0.2, 0.25) is 10.0 Å². The van der Waals surface area contributed by atoms with Crippen LogP contribution in [0.15, 0.2) is 54.6 Å². The van der Waals surface area contributed by atoms with Gasteiger partial charge in [0.2, 0.25) is 0 Å². The number of hydrogen-bond donors (Lipinski definition) is 1. The molecule has 0 bridgehead atoms. The third-order valence-electron chi connectivity index (χ3n) is 4.52. The molecule has 27 heavy (non-hydrogen) atoms. The van der Waals surface area contributed by atoms with Crippen molar-refractivity contribution in [3.8, 4) is 5.75 Å². The molecule has 144 valence electrons. The molecular weight excluding hydrogens is 375 g/mol. The van der Waals surface area contributed by atoms with E-state index < -0.39 is 0 Å². The standard InChI is InChI=1S/2C8H9Cl.C8H10O/c2*1-6-4-3-5-8(9)7(6)2;1-6-4-3-5-7(2)8(6)9/h2*3-5H,1-2H3;3-5,9H,1-2H3. The van der Waals surface area contributed by atoms with Crippen molar-refractivity contribution in [2.45, 2.75) is 41.5 Å². The van der Waals surface area contributed by atoms with Gasteiger partial charge in [-0.15, -0.1) is 0 Å². The number of benzene rings is 3. The van der Waals surface area contributed by atoms with E-state index in [9.17, 15) is 5.11 Å². The Morgan fingerprint density at radius 2 is 0.815 bits per heavy atom. The fraction of sp³-hybridized carbons (Fsp3) is 0.250. The van der Waals surface area contributed by atoms with Crippen LogP contribution in [0.5, 0.6) is 5.75 Å². The highest BCUT2D eigenvalue weighted by Crippen LogP contribution is 2.19. The van der Waals surface area contributed by atoms with Gasteiger partial charge in [0.15, 0.2) is 0 Å². The Balaban J connectivity index is 0.000000202. The molecule has 0 saturated heterocycles. The van der Waals surface area contributed by atoms with Crippen LogP contribution in [-0.2, 0) is 0 Å². The lowest BCUT2D eigenvalue weighted by Gasteiger charge is -1.99. The number of phenolic OH excluding ortho intramolecular Hbond substituents is 1. The van der Waals surface area contributed by atoms with E-state index in [1.54, 1.807) is 0 Å². The fourth-order valence-corrected chi connectivity index (χ4v) is 2.68. The molecule has 1 N–H and O–H groups in total. The van der Waals surface area contributed by atoms with E-state index in [1.807, 2.05) is 70.2 Å². The van der Waals surface area contributed by atoms with Crippen LogP contribution in [-0.4, -0.2) is 5.11 Å². The van der Waals surface area contributed by atoms with Gasteiger partial charge >= 0.3 is 0 Å². The van der Waals surface area contributed by atoms with Gasteiger partial charge in [-0.05, 0) is 87.1 Å². The molecule has 3 aromatic rings. The number of phenols is 1. The number of halogens is 2. The smallest absolute Gasteiger partial charge is 0.121 e. The van der Waals surface area contributed by atoms with Crippen LogP contribution in [0.25, 0.3) is 0 Å². The van der Waals surface area contributed by atoms with E-state index in [-0.39, 0.29) is 0 Å². The van der Waals surface area contributed by atoms with Gasteiger partial charge in [0.1, 0.15) is 5.75 Å². The Hall–Kier alpha value is -1.96. The van der Waals surface area contributed by atoms with Crippen molar-refractivity contribution >= 4 is 23.2 Å². The van der Waals surface area contributed by atoms with Gasteiger partial charge in [-0.2, -0.15) is 0 Å². The molecule has 3 aromatic carbocycles. The van der Waals surface area contributed by atoms with Crippen molar-refractivity contribution in [2.75, 3.05) is 0 Å². The molecule has 0 unspecified atom stereocenters. The molecule has 0 spiro atoms. The average Bonchev–Trinajstić information content (AvgIpc) is 2.63. The zero-order valence-corrected chi connectivity index (χ0v) is 18.4. The topological polar surface area (TPSA) is 20.2 Å². The summed E-state index contributed by atoms with van der Waals surface area (Å²) in [5.41, 5.74) is 6.74. The maximum absolute atomic E-state index is 9.21. The SMILES string of the molecule is Cc1cccc(C)c1O.Cc1cccc(Cl)c1C.Cc1cccc(Cl)c1C. The summed E-state index contributed by atoms with van der Waals surface area (Å²) in [7, 11) is 0. The highest BCUT2D eigenvalue weighted by Gasteiger charge is 1.96. The lowest BCUT2D eigenvalue weighted by atomic mass is 10.1. The molecule has 0 aliphatic heterocycles. The van der Waals surface area contributed by atoms with Crippen molar-refractivity contribution < 1.29 is 5.11 Å². The van der Waals surface area contributed by atoms with Crippen molar-refractivity contribution in [1.82, 2.24) is 0 Å². The third kappa shape index (κ3) is 7.28. The summed E-state index contributed by atoms with van der Waals surface area (Å²) in [6.07, 6.45) is 0. The Kier molecular flexibility index (Phi) is 9.41. The van der Waals surface area contributed by atoms with Crippen LogP contribution < -0.4 is 0 Å². The quantitative estimate of drug-likeness (QED) is 0.404. The Morgan fingerprint density at radius 3 is 1.07 bits per heavy atom. The van der Waals surface area contributed by atoms with Gasteiger partial charge in [0, 0.05) is 10.0 Å². The summed E-state index contributed by atoms with van der Waals surface area (Å²) >= 11 is 11.6. The lowest BCUT2D eigenvalue weighted by molar-refractivity contribution is 0.467. The summed E-state index contributed by atoms with van der Waals surface area (Å²) in [4.78, 5) is 0. The normalized spacial score (nSPS) is 9.63. The van der Waals surface area contributed by atoms with Gasteiger partial charge in [0.25, 0.3) is 0 Å². The predicted octanol–water partition coefficient (Wildman–Crippen LogP) is 7.92. The monoisotopic (exact) mass is 402 g/mol. The molecule has 0 heterocycles. The highest BCUT2D eigenvalue weighted by molar-refractivity contribution is 6.31. The maximum Gasteiger partial charge on any atom is 0.121 e. The number of aryl methyl sites for hydroxylation is 4. The first kappa shape index (κ1) is 23.1. The first-order chi connectivity index (χ1) is 12.6. The van der Waals surface area contributed by atoms with E-state index >= 15 is 0 Å². The molecule has 0 saturated carbocycles. The van der Waals surface area contributed by atoms with E-state index in [0.29, 0.717) is 5.75 Å². The van der Waals surface area contributed by atoms with Gasteiger partial charge in [-0.3, -0.25) is 0 Å². The van der Waals surface area contributed by atoms with Crippen LogP contribution >= 0.6 is 23.2 Å². The van der Waals surface area contributed by atoms with E-state index in [4.69, 9.17) is 23.2 Å². The largest absolute Gasteiger partial charge is 0.507 e. The van der Waals surface area contributed by atoms with Crippen molar-refractivity contribution in [3.63, 3.8) is 0 Å². The zero-order chi connectivity index (χ0) is 20.6. The Labute approximate surface area is 173 Å². The molecule has 0 radical (unpaired) electrons. The minimum atomic E-state index is 0.414. The average molecular weight is 403 g/mol. The van der Waals surface area contributed by atoms with E-state index in [0.717, 1.165) is 21.2 Å². The van der Waals surface area contributed by atoms with Crippen LogP contribution in [0.1, 0.15) is 33.4 Å². The van der Waals surface area contributed by atoms with Gasteiger partial charge in [0.05, 0.1) is 0 Å². The van der Waals surface area contributed by atoms with Gasteiger partial charge in [-0.1, -0.05) is 65.7 Å². The zero-order valence-electron chi connectivity index (χ0n) is 16.9. The van der Waals surface area contributed by atoms with Crippen molar-refractivity contribution in [1.29, 1.82) is 0 Å². The summed E-state index contributed by atoms with van der Waals surface area (Å²) in [6, 6.07) is 17.6. The first-order valence-electron chi connectivity index (χ1n) is 8.83. The summed E-state index contributed by atoms with van der Waals surface area (Å²) in [6.45, 7) is 11.9. The Morgan fingerprint density at radius 1 is 0.519 bits per heavy atom. The van der Waals surface area contributed by atoms with Gasteiger partial charge < -0.3 is 5.11 Å².